The van der Waals surface area contributed by atoms with Gasteiger partial charge < -0.3 is 5.32 Å². The molecule has 1 saturated carbocycles. The summed E-state index contributed by atoms with van der Waals surface area (Å²) in [6.07, 6.45) is 2.25. The molecule has 0 radical (unpaired) electrons. The van der Waals surface area contributed by atoms with Crippen LogP contribution in [0.3, 0.4) is 0 Å². The van der Waals surface area contributed by atoms with Gasteiger partial charge in [-0.05, 0) is 54.7 Å². The molecule has 1 N–H and O–H groups in total. The molecule has 0 bridgehead atoms. The minimum atomic E-state index is 0.493. The second kappa shape index (κ2) is 5.85. The standard InChI is InChI=1S/C16H14Cl3N/c17-12-3-1-10(2-4-12)11-7-14(8-11)20-13-5-6-15(18)16(19)9-13/h1-6,9,11,14,20H,7-8H2. The number of halogens is 3. The van der Waals surface area contributed by atoms with E-state index in [1.54, 1.807) is 0 Å². The van der Waals surface area contributed by atoms with Crippen molar-refractivity contribution < 1.29 is 0 Å². The van der Waals surface area contributed by atoms with Gasteiger partial charge in [-0.25, -0.2) is 0 Å². The van der Waals surface area contributed by atoms with E-state index >= 15 is 0 Å². The number of hydrogen-bond acceptors (Lipinski definition) is 1. The van der Waals surface area contributed by atoms with Gasteiger partial charge in [0, 0.05) is 16.8 Å². The SMILES string of the molecule is Clc1ccc(C2CC(Nc3ccc(Cl)c(Cl)c3)C2)cc1. The van der Waals surface area contributed by atoms with E-state index in [1.165, 1.54) is 5.56 Å². The van der Waals surface area contributed by atoms with Crippen LogP contribution >= 0.6 is 34.8 Å². The second-order valence-corrected chi connectivity index (χ2v) is 6.44. The Hall–Kier alpha value is -0.890. The lowest BCUT2D eigenvalue weighted by Gasteiger charge is -2.37. The van der Waals surface area contributed by atoms with Gasteiger partial charge in [-0.3, -0.25) is 0 Å². The highest BCUT2D eigenvalue weighted by Gasteiger charge is 2.30. The highest BCUT2D eigenvalue weighted by Crippen LogP contribution is 2.39. The van der Waals surface area contributed by atoms with Crippen LogP contribution in [-0.4, -0.2) is 6.04 Å². The van der Waals surface area contributed by atoms with Crippen LogP contribution in [0.4, 0.5) is 5.69 Å². The monoisotopic (exact) mass is 325 g/mol. The summed E-state index contributed by atoms with van der Waals surface area (Å²) in [5.41, 5.74) is 2.39. The summed E-state index contributed by atoms with van der Waals surface area (Å²) in [7, 11) is 0. The maximum atomic E-state index is 6.01. The summed E-state index contributed by atoms with van der Waals surface area (Å²) in [5, 5.41) is 5.45. The van der Waals surface area contributed by atoms with Gasteiger partial charge in [-0.2, -0.15) is 0 Å². The third kappa shape index (κ3) is 3.06. The Morgan fingerprint density at radius 1 is 0.850 bits per heavy atom. The van der Waals surface area contributed by atoms with Crippen LogP contribution in [0.1, 0.15) is 24.3 Å². The van der Waals surface area contributed by atoms with Gasteiger partial charge in [-0.1, -0.05) is 46.9 Å². The number of nitrogens with one attached hydrogen (secondary N) is 1. The number of hydrogen-bond donors (Lipinski definition) is 1. The molecule has 104 valence electrons. The van der Waals surface area contributed by atoms with Gasteiger partial charge in [-0.15, -0.1) is 0 Å². The average Bonchev–Trinajstić information content (AvgIpc) is 2.39. The predicted molar refractivity (Wildman–Crippen MR) is 87.3 cm³/mol. The van der Waals surface area contributed by atoms with Crippen molar-refractivity contribution in [2.24, 2.45) is 0 Å². The van der Waals surface area contributed by atoms with Gasteiger partial charge >= 0.3 is 0 Å². The van der Waals surface area contributed by atoms with E-state index in [4.69, 9.17) is 34.8 Å². The number of anilines is 1. The Morgan fingerprint density at radius 3 is 2.20 bits per heavy atom. The zero-order valence-corrected chi connectivity index (χ0v) is 13.0. The first-order valence-electron chi connectivity index (χ1n) is 6.59. The van der Waals surface area contributed by atoms with Gasteiger partial charge in [0.1, 0.15) is 0 Å². The zero-order valence-electron chi connectivity index (χ0n) is 10.7. The minimum absolute atomic E-state index is 0.493. The number of rotatable bonds is 3. The molecule has 1 fully saturated rings. The molecule has 0 heterocycles. The lowest BCUT2D eigenvalue weighted by Crippen LogP contribution is -2.33. The summed E-state index contributed by atoms with van der Waals surface area (Å²) in [4.78, 5) is 0. The van der Waals surface area contributed by atoms with E-state index in [-0.39, 0.29) is 0 Å². The van der Waals surface area contributed by atoms with Gasteiger partial charge in [0.2, 0.25) is 0 Å². The highest BCUT2D eigenvalue weighted by atomic mass is 35.5. The van der Waals surface area contributed by atoms with Gasteiger partial charge in [0.25, 0.3) is 0 Å². The van der Waals surface area contributed by atoms with Crippen molar-refractivity contribution in [3.05, 3.63) is 63.1 Å². The molecule has 4 heteroatoms. The Kier molecular flexibility index (Phi) is 4.11. The first-order chi connectivity index (χ1) is 9.61. The normalized spacial score (nSPS) is 21.4. The molecule has 1 aliphatic carbocycles. The van der Waals surface area contributed by atoms with Crippen LogP contribution in [-0.2, 0) is 0 Å². The van der Waals surface area contributed by atoms with Crippen LogP contribution in [0.25, 0.3) is 0 Å². The Morgan fingerprint density at radius 2 is 1.55 bits per heavy atom. The van der Waals surface area contributed by atoms with E-state index in [0.717, 1.165) is 23.6 Å². The zero-order chi connectivity index (χ0) is 14.1. The lowest BCUT2D eigenvalue weighted by molar-refractivity contribution is 0.374. The maximum absolute atomic E-state index is 6.01. The fourth-order valence-electron chi connectivity index (χ4n) is 2.56. The van der Waals surface area contributed by atoms with Crippen molar-refractivity contribution in [2.45, 2.75) is 24.8 Å². The largest absolute Gasteiger partial charge is 0.382 e. The maximum Gasteiger partial charge on any atom is 0.0612 e. The van der Waals surface area contributed by atoms with Gasteiger partial charge in [0.15, 0.2) is 0 Å². The second-order valence-electron chi connectivity index (χ2n) is 5.19. The van der Waals surface area contributed by atoms with Crippen LogP contribution in [0.5, 0.6) is 0 Å². The van der Waals surface area contributed by atoms with Crippen LogP contribution in [0, 0.1) is 0 Å². The molecule has 0 spiro atoms. The topological polar surface area (TPSA) is 12.0 Å². The van der Waals surface area contributed by atoms with Crippen molar-refractivity contribution in [3.63, 3.8) is 0 Å². The van der Waals surface area contributed by atoms with Crippen molar-refractivity contribution >= 4 is 40.5 Å². The van der Waals surface area contributed by atoms with Crippen LogP contribution in [0.2, 0.25) is 15.1 Å². The van der Waals surface area contributed by atoms with E-state index in [2.05, 4.69) is 17.4 Å². The smallest absolute Gasteiger partial charge is 0.0612 e. The molecule has 3 rings (SSSR count). The molecule has 0 saturated heterocycles. The predicted octanol–water partition coefficient (Wildman–Crippen LogP) is 6.00. The molecule has 1 aliphatic rings. The number of benzene rings is 2. The lowest BCUT2D eigenvalue weighted by atomic mass is 9.76. The third-order valence-corrected chi connectivity index (χ3v) is 4.76. The summed E-state index contributed by atoms with van der Waals surface area (Å²) >= 11 is 17.8. The first-order valence-corrected chi connectivity index (χ1v) is 7.72. The Labute approximate surface area is 133 Å². The molecule has 0 aliphatic heterocycles. The van der Waals surface area contributed by atoms with Crippen molar-refractivity contribution in [3.8, 4) is 0 Å². The van der Waals surface area contributed by atoms with E-state index < -0.39 is 0 Å². The molecule has 0 amide bonds. The molecule has 0 atom stereocenters. The van der Waals surface area contributed by atoms with Crippen LogP contribution < -0.4 is 5.32 Å². The summed E-state index contributed by atoms with van der Waals surface area (Å²) in [6, 6.07) is 14.3. The fourth-order valence-corrected chi connectivity index (χ4v) is 2.99. The Balaban J connectivity index is 1.58. The molecule has 0 aromatic heterocycles. The van der Waals surface area contributed by atoms with E-state index in [0.29, 0.717) is 22.0 Å². The van der Waals surface area contributed by atoms with Gasteiger partial charge in [0.05, 0.1) is 10.0 Å². The van der Waals surface area contributed by atoms with Crippen molar-refractivity contribution in [2.75, 3.05) is 5.32 Å². The minimum Gasteiger partial charge on any atom is -0.382 e. The highest BCUT2D eigenvalue weighted by molar-refractivity contribution is 6.42. The summed E-state index contributed by atoms with van der Waals surface area (Å²) in [6.45, 7) is 0. The fraction of sp³-hybridized carbons (Fsp3) is 0.250. The van der Waals surface area contributed by atoms with Crippen molar-refractivity contribution in [1.29, 1.82) is 0 Å². The quantitative estimate of drug-likeness (QED) is 0.729. The summed E-state index contributed by atoms with van der Waals surface area (Å²) < 4.78 is 0. The molecule has 2 aromatic carbocycles. The summed E-state index contributed by atoms with van der Waals surface area (Å²) in [5.74, 6) is 0.618. The molecule has 0 unspecified atom stereocenters. The first kappa shape index (κ1) is 14.1. The Bertz CT molecular complexity index is 604. The average molecular weight is 327 g/mol. The van der Waals surface area contributed by atoms with Crippen LogP contribution in [0.15, 0.2) is 42.5 Å². The molecular weight excluding hydrogens is 313 g/mol. The van der Waals surface area contributed by atoms with E-state index in [9.17, 15) is 0 Å². The molecular formula is C16H14Cl3N. The van der Waals surface area contributed by atoms with Crippen molar-refractivity contribution in [1.82, 2.24) is 0 Å². The van der Waals surface area contributed by atoms with E-state index in [1.807, 2.05) is 30.3 Å². The third-order valence-electron chi connectivity index (χ3n) is 3.77. The molecule has 1 nitrogen and oxygen atoms in total. The molecule has 20 heavy (non-hydrogen) atoms. The molecule has 2 aromatic rings.